The number of anilines is 1. The van der Waals surface area contributed by atoms with Crippen LogP contribution in [0.4, 0.5) is 5.69 Å². The molecule has 0 atom stereocenters. The molecule has 0 aromatic heterocycles. The lowest BCUT2D eigenvalue weighted by atomic mass is 10.2. The second-order valence-electron chi connectivity index (χ2n) is 3.17. The van der Waals surface area contributed by atoms with Gasteiger partial charge in [-0.2, -0.15) is 0 Å². The number of benzene rings is 1. The highest BCUT2D eigenvalue weighted by Crippen LogP contribution is 2.41. The summed E-state index contributed by atoms with van der Waals surface area (Å²) in [4.78, 5) is 2.06. The van der Waals surface area contributed by atoms with Gasteiger partial charge < -0.3 is 11.5 Å². The molecule has 0 saturated carbocycles. The SMILES string of the molecule is NC1=C(SSc2ccccc2N)C=[C+]C=C1. The van der Waals surface area contributed by atoms with E-state index in [9.17, 15) is 0 Å². The molecule has 0 fully saturated rings. The zero-order valence-electron chi connectivity index (χ0n) is 8.51. The van der Waals surface area contributed by atoms with Crippen molar-refractivity contribution >= 4 is 27.3 Å². The van der Waals surface area contributed by atoms with Gasteiger partial charge in [0.1, 0.15) is 12.2 Å². The summed E-state index contributed by atoms with van der Waals surface area (Å²) in [5, 5.41) is 0. The first-order valence-electron chi connectivity index (χ1n) is 4.72. The summed E-state index contributed by atoms with van der Waals surface area (Å²) >= 11 is 0. The monoisotopic (exact) mass is 247 g/mol. The first-order valence-corrected chi connectivity index (χ1v) is 6.87. The number of allylic oxidation sites excluding steroid dienone is 4. The Bertz CT molecular complexity index is 476. The van der Waals surface area contributed by atoms with E-state index in [4.69, 9.17) is 11.5 Å². The van der Waals surface area contributed by atoms with Crippen molar-refractivity contribution in [1.82, 2.24) is 0 Å². The Labute approximate surface area is 103 Å². The van der Waals surface area contributed by atoms with E-state index in [2.05, 4.69) is 6.08 Å². The van der Waals surface area contributed by atoms with Gasteiger partial charge in [0, 0.05) is 27.5 Å². The lowest BCUT2D eigenvalue weighted by molar-refractivity contribution is 1.39. The van der Waals surface area contributed by atoms with Gasteiger partial charge in [-0.1, -0.05) is 12.1 Å². The fraction of sp³-hybridized carbons (Fsp3) is 0. The summed E-state index contributed by atoms with van der Waals surface area (Å²) < 4.78 is 0. The first-order chi connectivity index (χ1) is 7.77. The molecule has 2 nitrogen and oxygen atoms in total. The van der Waals surface area contributed by atoms with Crippen LogP contribution >= 0.6 is 21.6 Å². The van der Waals surface area contributed by atoms with Crippen LogP contribution in [-0.4, -0.2) is 0 Å². The van der Waals surface area contributed by atoms with Crippen molar-refractivity contribution in [1.29, 1.82) is 0 Å². The molecule has 0 aliphatic heterocycles. The third-order valence-electron chi connectivity index (χ3n) is 2.00. The number of hydrogen-bond donors (Lipinski definition) is 2. The lowest BCUT2D eigenvalue weighted by Crippen LogP contribution is -1.97. The molecule has 0 saturated heterocycles. The van der Waals surface area contributed by atoms with Crippen LogP contribution in [0.15, 0.2) is 58.0 Å². The highest BCUT2D eigenvalue weighted by molar-refractivity contribution is 8.78. The summed E-state index contributed by atoms with van der Waals surface area (Å²) in [7, 11) is 3.20. The number of nitrogen functional groups attached to an aromatic ring is 1. The summed E-state index contributed by atoms with van der Waals surface area (Å²) in [6.07, 6.45) is 8.54. The molecule has 0 bridgehead atoms. The maximum Gasteiger partial charge on any atom is 0.161 e. The molecule has 0 unspecified atom stereocenters. The average molecular weight is 247 g/mol. The summed E-state index contributed by atoms with van der Waals surface area (Å²) in [5.74, 6) is 0. The molecule has 0 heterocycles. The Morgan fingerprint density at radius 3 is 2.62 bits per heavy atom. The fourth-order valence-corrected chi connectivity index (χ4v) is 3.33. The Morgan fingerprint density at radius 1 is 1.06 bits per heavy atom. The van der Waals surface area contributed by atoms with Gasteiger partial charge in [0.25, 0.3) is 0 Å². The molecule has 16 heavy (non-hydrogen) atoms. The molecule has 1 aromatic rings. The van der Waals surface area contributed by atoms with Gasteiger partial charge in [-0.15, -0.1) is 0 Å². The van der Waals surface area contributed by atoms with Crippen molar-refractivity contribution in [3.63, 3.8) is 0 Å². The Morgan fingerprint density at radius 2 is 1.88 bits per heavy atom. The topological polar surface area (TPSA) is 52.0 Å². The van der Waals surface area contributed by atoms with E-state index in [1.807, 2.05) is 36.4 Å². The normalized spacial score (nSPS) is 14.0. The van der Waals surface area contributed by atoms with Crippen LogP contribution in [0.25, 0.3) is 0 Å². The number of rotatable bonds is 3. The molecule has 0 radical (unpaired) electrons. The maximum atomic E-state index is 5.85. The summed E-state index contributed by atoms with van der Waals surface area (Å²) in [6, 6.07) is 7.79. The molecule has 2 rings (SSSR count). The zero-order chi connectivity index (χ0) is 11.4. The van der Waals surface area contributed by atoms with Crippen LogP contribution in [0.1, 0.15) is 0 Å². The molecule has 1 aliphatic carbocycles. The van der Waals surface area contributed by atoms with Crippen LogP contribution in [-0.2, 0) is 0 Å². The van der Waals surface area contributed by atoms with Crippen LogP contribution in [0.3, 0.4) is 0 Å². The molecular formula is C12H11N2S2+. The molecule has 1 aromatic carbocycles. The zero-order valence-corrected chi connectivity index (χ0v) is 10.1. The third kappa shape index (κ3) is 2.61. The quantitative estimate of drug-likeness (QED) is 0.489. The van der Waals surface area contributed by atoms with Gasteiger partial charge in [-0.05, 0) is 22.9 Å². The van der Waals surface area contributed by atoms with Crippen molar-refractivity contribution in [3.8, 4) is 0 Å². The predicted octanol–water partition coefficient (Wildman–Crippen LogP) is 3.11. The van der Waals surface area contributed by atoms with Crippen molar-refractivity contribution < 1.29 is 0 Å². The van der Waals surface area contributed by atoms with Gasteiger partial charge >= 0.3 is 0 Å². The van der Waals surface area contributed by atoms with Crippen LogP contribution in [0, 0.1) is 6.08 Å². The van der Waals surface area contributed by atoms with Gasteiger partial charge in [-0.25, -0.2) is 0 Å². The summed E-state index contributed by atoms with van der Waals surface area (Å²) in [5.41, 5.74) is 13.2. The molecule has 80 valence electrons. The highest BCUT2D eigenvalue weighted by Gasteiger charge is 2.12. The largest absolute Gasteiger partial charge is 0.398 e. The molecule has 4 heteroatoms. The molecule has 4 N–H and O–H groups in total. The molecular weight excluding hydrogens is 236 g/mol. The van der Waals surface area contributed by atoms with Crippen molar-refractivity contribution in [3.05, 3.63) is 59.2 Å². The van der Waals surface area contributed by atoms with Crippen molar-refractivity contribution in [2.24, 2.45) is 5.73 Å². The minimum absolute atomic E-state index is 0.769. The predicted molar refractivity (Wildman–Crippen MR) is 72.5 cm³/mol. The van der Waals surface area contributed by atoms with Crippen LogP contribution in [0.5, 0.6) is 0 Å². The minimum atomic E-state index is 0.769. The number of para-hydroxylation sites is 1. The summed E-state index contributed by atoms with van der Waals surface area (Å²) in [6.45, 7) is 0. The van der Waals surface area contributed by atoms with Crippen LogP contribution < -0.4 is 11.5 Å². The van der Waals surface area contributed by atoms with Crippen molar-refractivity contribution in [2.45, 2.75) is 4.90 Å². The van der Waals surface area contributed by atoms with E-state index in [1.165, 1.54) is 0 Å². The first kappa shape index (κ1) is 11.1. The Hall–Kier alpha value is -1.35. The second-order valence-corrected chi connectivity index (χ2v) is 5.38. The van der Waals surface area contributed by atoms with Gasteiger partial charge in [0.15, 0.2) is 10.6 Å². The molecule has 0 spiro atoms. The third-order valence-corrected chi connectivity index (χ3v) is 4.49. The van der Waals surface area contributed by atoms with E-state index in [1.54, 1.807) is 27.7 Å². The minimum Gasteiger partial charge on any atom is -0.398 e. The lowest BCUT2D eigenvalue weighted by Gasteiger charge is -2.02. The average Bonchev–Trinajstić information content (AvgIpc) is 2.30. The van der Waals surface area contributed by atoms with Crippen LogP contribution in [0.2, 0.25) is 0 Å². The van der Waals surface area contributed by atoms with Gasteiger partial charge in [-0.3, -0.25) is 0 Å². The Balaban J connectivity index is 2.06. The van der Waals surface area contributed by atoms with E-state index < -0.39 is 0 Å². The van der Waals surface area contributed by atoms with E-state index in [0.29, 0.717) is 0 Å². The molecule has 1 aliphatic rings. The maximum absolute atomic E-state index is 5.85. The van der Waals surface area contributed by atoms with Gasteiger partial charge in [0.05, 0.1) is 6.08 Å². The standard InChI is InChI=1S/C12H11N2S2/c13-9-5-1-3-7-11(9)15-16-12-8-4-2-6-10(12)14/h1-3,5-8H,13-14H2/q+1. The highest BCUT2D eigenvalue weighted by atomic mass is 33.1. The number of hydrogen-bond acceptors (Lipinski definition) is 4. The smallest absolute Gasteiger partial charge is 0.161 e. The van der Waals surface area contributed by atoms with E-state index >= 15 is 0 Å². The van der Waals surface area contributed by atoms with E-state index in [0.717, 1.165) is 21.2 Å². The van der Waals surface area contributed by atoms with Crippen molar-refractivity contribution in [2.75, 3.05) is 5.73 Å². The van der Waals surface area contributed by atoms with Gasteiger partial charge in [0.2, 0.25) is 0 Å². The Kier molecular flexibility index (Phi) is 3.57. The second kappa shape index (κ2) is 5.12. The molecule has 0 amide bonds. The fourth-order valence-electron chi connectivity index (χ4n) is 1.15. The number of nitrogens with two attached hydrogens (primary N) is 2. The van der Waals surface area contributed by atoms with E-state index in [-0.39, 0.29) is 0 Å².